The van der Waals surface area contributed by atoms with E-state index in [1.54, 1.807) is 0 Å². The maximum Gasteiger partial charge on any atom is 0.105 e. The van der Waals surface area contributed by atoms with E-state index in [1.165, 1.54) is 21.0 Å². The fourth-order valence-corrected chi connectivity index (χ4v) is 3.19. The summed E-state index contributed by atoms with van der Waals surface area (Å²) in [5.41, 5.74) is 4.00. The second-order valence-corrected chi connectivity index (χ2v) is 8.79. The van der Waals surface area contributed by atoms with Gasteiger partial charge in [0, 0.05) is 19.5 Å². The van der Waals surface area contributed by atoms with E-state index in [-0.39, 0.29) is 10.8 Å². The van der Waals surface area contributed by atoms with E-state index in [0.29, 0.717) is 0 Å². The molecule has 2 aromatic rings. The molecule has 0 bridgehead atoms. The molecule has 0 saturated carbocycles. The van der Waals surface area contributed by atoms with Crippen molar-refractivity contribution in [2.24, 2.45) is 0 Å². The van der Waals surface area contributed by atoms with Crippen LogP contribution in [-0.4, -0.2) is 19.1 Å². The Morgan fingerprint density at radius 1 is 0.950 bits per heavy atom. The van der Waals surface area contributed by atoms with Gasteiger partial charge < -0.3 is 4.90 Å². The Morgan fingerprint density at radius 3 is 2.00 bits per heavy atom. The van der Waals surface area contributed by atoms with E-state index >= 15 is 0 Å². The smallest absolute Gasteiger partial charge is 0.105 e. The molecule has 0 saturated heterocycles. The molecule has 0 aliphatic carbocycles. The molecule has 20 heavy (non-hydrogen) atoms. The number of benzene rings is 1. The van der Waals surface area contributed by atoms with Gasteiger partial charge in [-0.05, 0) is 23.1 Å². The zero-order valence-corrected chi connectivity index (χ0v) is 14.8. The van der Waals surface area contributed by atoms with Crippen molar-refractivity contribution in [2.75, 3.05) is 19.0 Å². The van der Waals surface area contributed by atoms with Crippen LogP contribution in [0, 0.1) is 0 Å². The van der Waals surface area contributed by atoms with Crippen molar-refractivity contribution in [3.05, 3.63) is 22.7 Å². The summed E-state index contributed by atoms with van der Waals surface area (Å²) in [5.74, 6) is 0. The molecular weight excluding hydrogens is 264 g/mol. The van der Waals surface area contributed by atoms with Crippen LogP contribution in [0.5, 0.6) is 0 Å². The highest BCUT2D eigenvalue weighted by molar-refractivity contribution is 7.18. The molecule has 0 N–H and O–H groups in total. The van der Waals surface area contributed by atoms with Gasteiger partial charge in [-0.1, -0.05) is 41.5 Å². The third-order valence-corrected chi connectivity index (χ3v) is 4.89. The number of fused-ring (bicyclic) bond motifs is 1. The van der Waals surface area contributed by atoms with Gasteiger partial charge in [-0.2, -0.15) is 0 Å². The minimum atomic E-state index is 0.106. The van der Waals surface area contributed by atoms with Crippen LogP contribution in [-0.2, 0) is 10.8 Å². The molecule has 0 aliphatic rings. The lowest BCUT2D eigenvalue weighted by Crippen LogP contribution is -2.15. The Balaban J connectivity index is 2.75. The lowest BCUT2D eigenvalue weighted by atomic mass is 9.86. The van der Waals surface area contributed by atoms with E-state index in [2.05, 4.69) is 72.7 Å². The van der Waals surface area contributed by atoms with Gasteiger partial charge in [0.05, 0.1) is 15.4 Å². The Hall–Kier alpha value is -1.09. The van der Waals surface area contributed by atoms with E-state index < -0.39 is 0 Å². The molecule has 110 valence electrons. The normalized spacial score (nSPS) is 13.0. The second kappa shape index (κ2) is 4.73. The van der Waals surface area contributed by atoms with Crippen LogP contribution in [0.25, 0.3) is 10.2 Å². The molecule has 0 atom stereocenters. The first-order valence-electron chi connectivity index (χ1n) is 7.13. The van der Waals surface area contributed by atoms with Gasteiger partial charge in [0.25, 0.3) is 0 Å². The lowest BCUT2D eigenvalue weighted by Gasteiger charge is -2.22. The van der Waals surface area contributed by atoms with Gasteiger partial charge in [-0.15, -0.1) is 11.3 Å². The fourth-order valence-electron chi connectivity index (χ4n) is 2.11. The number of nitrogens with zero attached hydrogens (tertiary/aromatic N) is 2. The van der Waals surface area contributed by atoms with Crippen LogP contribution in [0.1, 0.15) is 52.1 Å². The average molecular weight is 290 g/mol. The molecular formula is C17H26N2S. The summed E-state index contributed by atoms with van der Waals surface area (Å²) in [4.78, 5) is 7.08. The summed E-state index contributed by atoms with van der Waals surface area (Å²) in [5, 5.41) is 1.21. The minimum absolute atomic E-state index is 0.106. The maximum atomic E-state index is 4.91. The van der Waals surface area contributed by atoms with E-state index in [9.17, 15) is 0 Å². The van der Waals surface area contributed by atoms with Gasteiger partial charge in [-0.25, -0.2) is 4.98 Å². The van der Waals surface area contributed by atoms with Crippen molar-refractivity contribution >= 4 is 27.2 Å². The number of aromatic nitrogens is 1. The summed E-state index contributed by atoms with van der Waals surface area (Å²) >= 11 is 1.83. The van der Waals surface area contributed by atoms with E-state index in [0.717, 1.165) is 5.52 Å². The molecule has 0 aliphatic heterocycles. The highest BCUT2D eigenvalue weighted by Crippen LogP contribution is 2.38. The minimum Gasteiger partial charge on any atom is -0.376 e. The Labute approximate surface area is 126 Å². The Kier molecular flexibility index (Phi) is 3.62. The van der Waals surface area contributed by atoms with Gasteiger partial charge in [0.1, 0.15) is 5.52 Å². The van der Waals surface area contributed by atoms with Crippen LogP contribution in [0.3, 0.4) is 0 Å². The highest BCUT2D eigenvalue weighted by atomic mass is 32.1. The standard InChI is InChI=1S/C17H26N2S/c1-16(2,3)11-9-12(19(7)8)14-13(10-11)20-15(18-14)17(4,5)6/h9-10H,1-8H3. The Bertz CT molecular complexity index is 625. The van der Waals surface area contributed by atoms with Crippen molar-refractivity contribution in [2.45, 2.75) is 52.4 Å². The van der Waals surface area contributed by atoms with Crippen molar-refractivity contribution in [3.8, 4) is 0 Å². The molecule has 2 rings (SSSR count). The van der Waals surface area contributed by atoms with Crippen LogP contribution < -0.4 is 4.90 Å². The van der Waals surface area contributed by atoms with E-state index in [1.807, 2.05) is 11.3 Å². The number of hydrogen-bond acceptors (Lipinski definition) is 3. The van der Waals surface area contributed by atoms with Crippen molar-refractivity contribution in [3.63, 3.8) is 0 Å². The molecule has 1 aromatic carbocycles. The molecule has 2 nitrogen and oxygen atoms in total. The Morgan fingerprint density at radius 2 is 1.55 bits per heavy atom. The third-order valence-electron chi connectivity index (χ3n) is 3.46. The van der Waals surface area contributed by atoms with Crippen LogP contribution in [0.2, 0.25) is 0 Å². The van der Waals surface area contributed by atoms with Gasteiger partial charge in [0.15, 0.2) is 0 Å². The van der Waals surface area contributed by atoms with Crippen LogP contribution in [0.15, 0.2) is 12.1 Å². The summed E-state index contributed by atoms with van der Waals surface area (Å²) in [6.07, 6.45) is 0. The van der Waals surface area contributed by atoms with Gasteiger partial charge in [0.2, 0.25) is 0 Å². The molecule has 0 unspecified atom stereocenters. The molecule has 0 radical (unpaired) electrons. The van der Waals surface area contributed by atoms with Gasteiger partial charge in [-0.3, -0.25) is 0 Å². The quantitative estimate of drug-likeness (QED) is 0.738. The predicted octanol–water partition coefficient (Wildman–Crippen LogP) is 4.96. The highest BCUT2D eigenvalue weighted by Gasteiger charge is 2.23. The SMILES string of the molecule is CN(C)c1cc(C(C)(C)C)cc2sc(C(C)(C)C)nc12. The number of thiazole rings is 1. The number of hydrogen-bond donors (Lipinski definition) is 0. The van der Waals surface area contributed by atoms with E-state index in [4.69, 9.17) is 4.98 Å². The first-order chi connectivity index (χ1) is 9.00. The molecule has 0 fully saturated rings. The van der Waals surface area contributed by atoms with Crippen molar-refractivity contribution < 1.29 is 0 Å². The summed E-state index contributed by atoms with van der Waals surface area (Å²) in [6, 6.07) is 4.60. The molecule has 0 spiro atoms. The number of anilines is 1. The van der Waals surface area contributed by atoms with Crippen LogP contribution >= 0.6 is 11.3 Å². The topological polar surface area (TPSA) is 16.1 Å². The maximum absolute atomic E-state index is 4.91. The average Bonchev–Trinajstić information content (AvgIpc) is 2.68. The van der Waals surface area contributed by atoms with Crippen molar-refractivity contribution in [1.82, 2.24) is 4.98 Å². The predicted molar refractivity (Wildman–Crippen MR) is 91.3 cm³/mol. The zero-order valence-electron chi connectivity index (χ0n) is 14.0. The van der Waals surface area contributed by atoms with Crippen molar-refractivity contribution in [1.29, 1.82) is 0 Å². The summed E-state index contributed by atoms with van der Waals surface area (Å²) in [6.45, 7) is 13.5. The largest absolute Gasteiger partial charge is 0.376 e. The monoisotopic (exact) mass is 290 g/mol. The zero-order chi connectivity index (χ0) is 15.3. The second-order valence-electron chi connectivity index (χ2n) is 7.76. The molecule has 0 amide bonds. The fraction of sp³-hybridized carbons (Fsp3) is 0.588. The van der Waals surface area contributed by atoms with Crippen LogP contribution in [0.4, 0.5) is 5.69 Å². The molecule has 1 heterocycles. The third kappa shape index (κ3) is 2.83. The summed E-state index contributed by atoms with van der Waals surface area (Å²) in [7, 11) is 4.19. The first-order valence-corrected chi connectivity index (χ1v) is 7.94. The molecule has 1 aromatic heterocycles. The summed E-state index contributed by atoms with van der Waals surface area (Å²) < 4.78 is 1.30. The lowest BCUT2D eigenvalue weighted by molar-refractivity contribution is 0.586. The first kappa shape index (κ1) is 15.3. The number of rotatable bonds is 1. The molecule has 3 heteroatoms. The van der Waals surface area contributed by atoms with Gasteiger partial charge >= 0.3 is 0 Å².